The van der Waals surface area contributed by atoms with E-state index in [4.69, 9.17) is 0 Å². The van der Waals surface area contributed by atoms with Gasteiger partial charge in [0.25, 0.3) is 0 Å². The van der Waals surface area contributed by atoms with E-state index in [1.807, 2.05) is 29.9 Å². The number of carbonyl (C=O) groups is 1. The number of nitrogens with zero attached hydrogens (tertiary/aromatic N) is 2. The van der Waals surface area contributed by atoms with Crippen molar-refractivity contribution >= 4 is 5.78 Å². The van der Waals surface area contributed by atoms with Crippen molar-refractivity contribution < 1.29 is 4.79 Å². The van der Waals surface area contributed by atoms with Gasteiger partial charge in [0.2, 0.25) is 0 Å². The van der Waals surface area contributed by atoms with Gasteiger partial charge in [0.05, 0.1) is 5.69 Å². The highest BCUT2D eigenvalue weighted by atomic mass is 16.1. The minimum atomic E-state index is 0.263. The van der Waals surface area contributed by atoms with Crippen LogP contribution in [0.15, 0.2) is 30.5 Å². The van der Waals surface area contributed by atoms with E-state index in [0.717, 1.165) is 23.2 Å². The Bertz CT molecular complexity index is 569. The maximum atomic E-state index is 11.6. The van der Waals surface area contributed by atoms with E-state index in [1.54, 1.807) is 6.20 Å². The molecule has 0 spiro atoms. The molecule has 1 heterocycles. The normalized spacial score (nSPS) is 14.2. The lowest BCUT2D eigenvalue weighted by atomic mass is 10.0. The van der Waals surface area contributed by atoms with E-state index in [0.29, 0.717) is 6.42 Å². The Morgan fingerprint density at radius 1 is 1.19 bits per heavy atom. The average Bonchev–Trinajstić information content (AvgIpc) is 2.86. The summed E-state index contributed by atoms with van der Waals surface area (Å²) in [5.41, 5.74) is 4.28. The van der Waals surface area contributed by atoms with Gasteiger partial charge in [-0.1, -0.05) is 18.2 Å². The maximum absolute atomic E-state index is 11.6. The van der Waals surface area contributed by atoms with Crippen LogP contribution in [0.3, 0.4) is 0 Å². The first-order chi connectivity index (χ1) is 7.77. The maximum Gasteiger partial charge on any atom is 0.163 e. The van der Waals surface area contributed by atoms with Crippen molar-refractivity contribution in [2.45, 2.75) is 12.8 Å². The molecule has 1 aromatic heterocycles. The third-order valence-corrected chi connectivity index (χ3v) is 3.18. The molecule has 2 aromatic rings. The lowest BCUT2D eigenvalue weighted by Gasteiger charge is -2.07. The summed E-state index contributed by atoms with van der Waals surface area (Å²) in [6, 6.07) is 7.92. The van der Waals surface area contributed by atoms with E-state index in [2.05, 4.69) is 11.2 Å². The monoisotopic (exact) mass is 212 g/mol. The molecule has 0 saturated carbocycles. The molecule has 3 rings (SSSR count). The van der Waals surface area contributed by atoms with Crippen LogP contribution in [0.2, 0.25) is 0 Å². The predicted octanol–water partition coefficient (Wildman–Crippen LogP) is 2.22. The summed E-state index contributed by atoms with van der Waals surface area (Å²) in [6.45, 7) is 0. The second kappa shape index (κ2) is 3.30. The first-order valence-corrected chi connectivity index (χ1v) is 5.41. The van der Waals surface area contributed by atoms with Gasteiger partial charge in [-0.05, 0) is 18.1 Å². The Morgan fingerprint density at radius 3 is 2.75 bits per heavy atom. The highest BCUT2D eigenvalue weighted by Gasteiger charge is 2.22. The topological polar surface area (TPSA) is 34.9 Å². The van der Waals surface area contributed by atoms with Crippen molar-refractivity contribution in [3.63, 3.8) is 0 Å². The summed E-state index contributed by atoms with van der Waals surface area (Å²) in [5, 5.41) is 4.17. The molecular weight excluding hydrogens is 200 g/mol. The van der Waals surface area contributed by atoms with Gasteiger partial charge in [-0.2, -0.15) is 5.10 Å². The van der Waals surface area contributed by atoms with Gasteiger partial charge < -0.3 is 0 Å². The van der Waals surface area contributed by atoms with Gasteiger partial charge >= 0.3 is 0 Å². The smallest absolute Gasteiger partial charge is 0.163 e. The molecule has 0 fully saturated rings. The van der Waals surface area contributed by atoms with Gasteiger partial charge in [-0.25, -0.2) is 0 Å². The zero-order valence-corrected chi connectivity index (χ0v) is 9.10. The van der Waals surface area contributed by atoms with Crippen LogP contribution in [-0.4, -0.2) is 15.6 Å². The summed E-state index contributed by atoms with van der Waals surface area (Å²) >= 11 is 0. The van der Waals surface area contributed by atoms with Gasteiger partial charge in [-0.3, -0.25) is 9.48 Å². The number of aryl methyl sites for hydroxylation is 1. The van der Waals surface area contributed by atoms with Crippen molar-refractivity contribution in [3.05, 3.63) is 41.6 Å². The Labute approximate surface area is 93.7 Å². The van der Waals surface area contributed by atoms with Gasteiger partial charge in [0, 0.05) is 30.8 Å². The number of hydrogen-bond donors (Lipinski definition) is 0. The molecule has 0 atom stereocenters. The molecule has 0 radical (unpaired) electrons. The molecule has 80 valence electrons. The number of hydrogen-bond acceptors (Lipinski definition) is 2. The summed E-state index contributed by atoms with van der Waals surface area (Å²) in [5.74, 6) is 0.263. The molecule has 3 nitrogen and oxygen atoms in total. The van der Waals surface area contributed by atoms with E-state index >= 15 is 0 Å². The lowest BCUT2D eigenvalue weighted by molar-refractivity contribution is 0.0994. The van der Waals surface area contributed by atoms with Crippen LogP contribution in [0, 0.1) is 0 Å². The molecule has 0 saturated heterocycles. The van der Waals surface area contributed by atoms with Crippen LogP contribution in [0.25, 0.3) is 11.3 Å². The molecule has 1 aliphatic rings. The van der Waals surface area contributed by atoms with Crippen molar-refractivity contribution in [1.29, 1.82) is 0 Å². The van der Waals surface area contributed by atoms with E-state index in [1.165, 1.54) is 5.56 Å². The molecule has 16 heavy (non-hydrogen) atoms. The highest BCUT2D eigenvalue weighted by molar-refractivity contribution is 6.02. The van der Waals surface area contributed by atoms with E-state index in [-0.39, 0.29) is 5.78 Å². The van der Waals surface area contributed by atoms with E-state index in [9.17, 15) is 4.79 Å². The second-order valence-corrected chi connectivity index (χ2v) is 4.09. The SMILES string of the molecule is Cn1nccc1-c1cccc2c1CCC2=O. The largest absolute Gasteiger partial charge is 0.294 e. The van der Waals surface area contributed by atoms with Crippen molar-refractivity contribution in [3.8, 4) is 11.3 Å². The summed E-state index contributed by atoms with van der Waals surface area (Å²) in [4.78, 5) is 11.6. The van der Waals surface area contributed by atoms with Crippen LogP contribution in [0.5, 0.6) is 0 Å². The number of carbonyl (C=O) groups excluding carboxylic acids is 1. The molecule has 0 N–H and O–H groups in total. The Balaban J connectivity index is 2.24. The zero-order valence-electron chi connectivity index (χ0n) is 9.10. The first kappa shape index (κ1) is 9.33. The Kier molecular flexibility index (Phi) is 1.93. The summed E-state index contributed by atoms with van der Waals surface area (Å²) in [7, 11) is 1.92. The van der Waals surface area contributed by atoms with Crippen LogP contribution in [-0.2, 0) is 13.5 Å². The molecule has 1 aliphatic carbocycles. The molecular formula is C13H12N2O. The van der Waals surface area contributed by atoms with Crippen molar-refractivity contribution in [1.82, 2.24) is 9.78 Å². The molecule has 0 unspecified atom stereocenters. The lowest BCUT2D eigenvalue weighted by Crippen LogP contribution is -1.97. The van der Waals surface area contributed by atoms with Crippen LogP contribution < -0.4 is 0 Å². The number of ketones is 1. The minimum absolute atomic E-state index is 0.263. The fourth-order valence-electron chi connectivity index (χ4n) is 2.37. The molecule has 3 heteroatoms. The summed E-state index contributed by atoms with van der Waals surface area (Å²) in [6.07, 6.45) is 3.28. The number of aromatic nitrogens is 2. The molecule has 0 aliphatic heterocycles. The second-order valence-electron chi connectivity index (χ2n) is 4.09. The number of rotatable bonds is 1. The minimum Gasteiger partial charge on any atom is -0.294 e. The zero-order chi connectivity index (χ0) is 11.1. The third-order valence-electron chi connectivity index (χ3n) is 3.18. The Hall–Kier alpha value is -1.90. The quantitative estimate of drug-likeness (QED) is 0.726. The third kappa shape index (κ3) is 1.21. The predicted molar refractivity (Wildman–Crippen MR) is 61.3 cm³/mol. The number of Topliss-reactive ketones (excluding diaryl/α,β-unsaturated/α-hetero) is 1. The van der Waals surface area contributed by atoms with Gasteiger partial charge in [0.15, 0.2) is 5.78 Å². The fourth-order valence-corrected chi connectivity index (χ4v) is 2.37. The highest BCUT2D eigenvalue weighted by Crippen LogP contribution is 2.31. The van der Waals surface area contributed by atoms with E-state index < -0.39 is 0 Å². The number of benzene rings is 1. The van der Waals surface area contributed by atoms with Crippen LogP contribution in [0.4, 0.5) is 0 Å². The molecule has 0 bridgehead atoms. The summed E-state index contributed by atoms with van der Waals surface area (Å²) < 4.78 is 1.85. The van der Waals surface area contributed by atoms with Gasteiger partial charge in [-0.15, -0.1) is 0 Å². The van der Waals surface area contributed by atoms with Crippen molar-refractivity contribution in [2.24, 2.45) is 7.05 Å². The Morgan fingerprint density at radius 2 is 2.00 bits per heavy atom. The fraction of sp³-hybridized carbons (Fsp3) is 0.231. The molecule has 1 aromatic carbocycles. The van der Waals surface area contributed by atoms with Crippen LogP contribution in [0.1, 0.15) is 22.3 Å². The van der Waals surface area contributed by atoms with Crippen molar-refractivity contribution in [2.75, 3.05) is 0 Å². The standard InChI is InChI=1S/C13H12N2O/c1-15-12(7-8-14-15)10-3-2-4-11-9(10)5-6-13(11)16/h2-4,7-8H,5-6H2,1H3. The number of fused-ring (bicyclic) bond motifs is 1. The van der Waals surface area contributed by atoms with Gasteiger partial charge in [0.1, 0.15) is 0 Å². The van der Waals surface area contributed by atoms with Crippen LogP contribution >= 0.6 is 0 Å². The average molecular weight is 212 g/mol. The molecule has 0 amide bonds. The first-order valence-electron chi connectivity index (χ1n) is 5.41.